The highest BCUT2D eigenvalue weighted by Crippen LogP contribution is 2.40. The molecule has 5 rings (SSSR count). The number of benzene rings is 3. The van der Waals surface area contributed by atoms with Crippen molar-refractivity contribution in [3.05, 3.63) is 76.9 Å². The Bertz CT molecular complexity index is 2600. The van der Waals surface area contributed by atoms with Crippen molar-refractivity contribution in [3.63, 3.8) is 0 Å². The Labute approximate surface area is 364 Å². The molecule has 22 heteroatoms. The summed E-state index contributed by atoms with van der Waals surface area (Å²) in [5.41, 5.74) is 10.0. The Kier molecular flexibility index (Phi) is 14.4. The van der Waals surface area contributed by atoms with E-state index in [2.05, 4.69) is 26.6 Å². The highest BCUT2D eigenvalue weighted by Gasteiger charge is 2.39. The summed E-state index contributed by atoms with van der Waals surface area (Å²) < 4.78 is 61.7. The minimum atomic E-state index is -5.01. The maximum Gasteiger partial charge on any atom is 0.296 e. The minimum absolute atomic E-state index is 0.0240. The number of carbonyl (C=O) groups is 7. The maximum absolute atomic E-state index is 13.7. The van der Waals surface area contributed by atoms with Gasteiger partial charge in [-0.25, -0.2) is 8.42 Å². The average molecular weight is 911 g/mol. The number of nitrogens with two attached hydrogens (primary N) is 2. The Morgan fingerprint density at radius 2 is 1.43 bits per heavy atom. The summed E-state index contributed by atoms with van der Waals surface area (Å²) in [7, 11) is -9.15. The zero-order chi connectivity index (χ0) is 46.7. The fraction of sp³-hybridized carbons (Fsp3) is 0.390. The van der Waals surface area contributed by atoms with Crippen LogP contribution in [-0.2, 0) is 43.9 Å². The molecular weight excluding hydrogens is 861 g/mol. The van der Waals surface area contributed by atoms with Crippen LogP contribution in [0.5, 0.6) is 0 Å². The number of hydrogen-bond acceptors (Lipinski definition) is 14. The van der Waals surface area contributed by atoms with E-state index in [0.717, 1.165) is 6.07 Å². The molecule has 10 N–H and O–H groups in total. The Morgan fingerprint density at radius 3 is 2.03 bits per heavy atom. The highest BCUT2D eigenvalue weighted by molar-refractivity contribution is 7.91. The molecule has 0 radical (unpaired) electrons. The number of nitrogens with zero attached hydrogens (tertiary/aromatic N) is 1. The number of anilines is 3. The molecule has 0 saturated carbocycles. The second kappa shape index (κ2) is 19.0. The van der Waals surface area contributed by atoms with Crippen LogP contribution in [0.15, 0.2) is 64.4 Å². The van der Waals surface area contributed by atoms with E-state index in [1.165, 1.54) is 74.2 Å². The second-order valence-electron chi connectivity index (χ2n) is 15.7. The van der Waals surface area contributed by atoms with Gasteiger partial charge < -0.3 is 43.0 Å². The van der Waals surface area contributed by atoms with Gasteiger partial charge in [-0.3, -0.25) is 38.1 Å². The molecule has 5 unspecified atom stereocenters. The molecule has 1 heterocycles. The standard InChI is InChI=1S/C41H50N8O12S2/c1-20(2)34(48-39(54)29-14-9-16-49(29)41(56)23(5)46-38(53)22(4)45-37(52)21(3)42)40(55)44-15-17-62(57,58)25-11-8-10-24(18-25)47-28-19-30(63(59,60)61)33(43)32-31(28)35(50)26-12-6-7-13-27(26)36(32)51/h6-8,10-13,18-23,29,34,47H,9,14-17,42-43H2,1-5H3,(H,44,55)(H,45,52)(H,46,53)(H,48,54)(H,59,60,61). The third kappa shape index (κ3) is 10.5. The van der Waals surface area contributed by atoms with E-state index in [-0.39, 0.29) is 52.5 Å². The molecule has 1 aliphatic heterocycles. The van der Waals surface area contributed by atoms with E-state index in [1.54, 1.807) is 13.8 Å². The summed E-state index contributed by atoms with van der Waals surface area (Å²) in [6.45, 7) is 7.48. The molecule has 0 aromatic heterocycles. The van der Waals surface area contributed by atoms with Gasteiger partial charge in [-0.2, -0.15) is 8.42 Å². The molecule has 0 bridgehead atoms. The number of nitrogen functional groups attached to an aromatic ring is 1. The molecule has 63 heavy (non-hydrogen) atoms. The Morgan fingerprint density at radius 1 is 0.810 bits per heavy atom. The zero-order valence-electron chi connectivity index (χ0n) is 35.1. The molecule has 2 aliphatic rings. The number of amides is 5. The van der Waals surface area contributed by atoms with Crippen molar-refractivity contribution in [1.29, 1.82) is 0 Å². The van der Waals surface area contributed by atoms with Crippen LogP contribution in [-0.4, -0.2) is 116 Å². The predicted molar refractivity (Wildman–Crippen MR) is 229 cm³/mol. The second-order valence-corrected chi connectivity index (χ2v) is 19.2. The number of sulfone groups is 1. The predicted octanol–water partition coefficient (Wildman–Crippen LogP) is 0.413. The van der Waals surface area contributed by atoms with Gasteiger partial charge in [0.25, 0.3) is 10.1 Å². The molecule has 1 fully saturated rings. The molecule has 1 saturated heterocycles. The van der Waals surface area contributed by atoms with Gasteiger partial charge in [0, 0.05) is 29.9 Å². The van der Waals surface area contributed by atoms with Crippen LogP contribution in [0.2, 0.25) is 0 Å². The zero-order valence-corrected chi connectivity index (χ0v) is 36.7. The first kappa shape index (κ1) is 47.8. The van der Waals surface area contributed by atoms with Crippen molar-refractivity contribution in [1.82, 2.24) is 26.2 Å². The van der Waals surface area contributed by atoms with Gasteiger partial charge >= 0.3 is 0 Å². The van der Waals surface area contributed by atoms with E-state index in [0.29, 0.717) is 6.42 Å². The number of nitrogens with one attached hydrogen (secondary N) is 5. The lowest BCUT2D eigenvalue weighted by Gasteiger charge is -2.30. The fourth-order valence-electron chi connectivity index (χ4n) is 7.21. The summed E-state index contributed by atoms with van der Waals surface area (Å²) in [5, 5.41) is 13.0. The fourth-order valence-corrected chi connectivity index (χ4v) is 9.06. The van der Waals surface area contributed by atoms with Crippen LogP contribution in [0.3, 0.4) is 0 Å². The maximum atomic E-state index is 13.7. The molecule has 0 spiro atoms. The molecule has 1 aliphatic carbocycles. The molecule has 3 aromatic carbocycles. The van der Waals surface area contributed by atoms with Gasteiger partial charge in [-0.15, -0.1) is 0 Å². The lowest BCUT2D eigenvalue weighted by molar-refractivity contribution is -0.142. The SMILES string of the molecule is CC(N)C(=O)NC(C)C(=O)NC(C)C(=O)N1CCCC1C(=O)NC(C(=O)NCCS(=O)(=O)c1cccc(Nc2cc(S(=O)(=O)O)c(N)c3c2C(=O)c2ccccc2C3=O)c1)C(C)C. The summed E-state index contributed by atoms with van der Waals surface area (Å²) in [6, 6.07) is 6.96. The largest absolute Gasteiger partial charge is 0.397 e. The van der Waals surface area contributed by atoms with E-state index < -0.39 is 119 Å². The molecule has 3 aromatic rings. The van der Waals surface area contributed by atoms with Crippen molar-refractivity contribution < 1.29 is 55.0 Å². The van der Waals surface area contributed by atoms with Crippen LogP contribution < -0.4 is 38.1 Å². The number of likely N-dealkylation sites (tertiary alicyclic amines) is 1. The normalized spacial score (nSPS) is 16.8. The number of fused-ring (bicyclic) bond motifs is 2. The van der Waals surface area contributed by atoms with Gasteiger partial charge in [0.05, 0.1) is 39.2 Å². The third-order valence-electron chi connectivity index (χ3n) is 10.6. The first-order chi connectivity index (χ1) is 29.4. The topological polar surface area (TPSA) is 323 Å². The lowest BCUT2D eigenvalue weighted by atomic mass is 9.82. The van der Waals surface area contributed by atoms with Crippen LogP contribution in [0.25, 0.3) is 0 Å². The summed E-state index contributed by atoms with van der Waals surface area (Å²) in [4.78, 5) is 92.3. The van der Waals surface area contributed by atoms with Gasteiger partial charge in [-0.1, -0.05) is 44.2 Å². The van der Waals surface area contributed by atoms with E-state index in [9.17, 15) is 55.0 Å². The van der Waals surface area contributed by atoms with Crippen LogP contribution in [0, 0.1) is 5.92 Å². The molecule has 338 valence electrons. The smallest absolute Gasteiger partial charge is 0.296 e. The quantitative estimate of drug-likeness (QED) is 0.0558. The van der Waals surface area contributed by atoms with Crippen LogP contribution >= 0.6 is 0 Å². The Hall–Kier alpha value is -6.23. The van der Waals surface area contributed by atoms with Crippen LogP contribution in [0.4, 0.5) is 17.1 Å². The first-order valence-electron chi connectivity index (χ1n) is 19.9. The van der Waals surface area contributed by atoms with Gasteiger partial charge in [0.15, 0.2) is 21.4 Å². The molecule has 20 nitrogen and oxygen atoms in total. The monoisotopic (exact) mass is 910 g/mol. The van der Waals surface area contributed by atoms with Crippen molar-refractivity contribution in [3.8, 4) is 0 Å². The summed E-state index contributed by atoms with van der Waals surface area (Å²) in [5.74, 6) is -5.55. The lowest BCUT2D eigenvalue weighted by Crippen LogP contribution is -2.58. The number of hydrogen-bond donors (Lipinski definition) is 8. The molecule has 5 atom stereocenters. The van der Waals surface area contributed by atoms with E-state index >= 15 is 0 Å². The van der Waals surface area contributed by atoms with Gasteiger partial charge in [-0.05, 0) is 63.8 Å². The van der Waals surface area contributed by atoms with E-state index in [1.807, 2.05) is 0 Å². The van der Waals surface area contributed by atoms with Crippen molar-refractivity contribution >= 4 is 78.1 Å². The highest BCUT2D eigenvalue weighted by atomic mass is 32.2. The third-order valence-corrected chi connectivity index (χ3v) is 13.2. The number of carbonyl (C=O) groups excluding carboxylic acids is 7. The number of rotatable bonds is 16. The Balaban J connectivity index is 1.24. The van der Waals surface area contributed by atoms with Gasteiger partial charge in [0.2, 0.25) is 29.5 Å². The minimum Gasteiger partial charge on any atom is -0.397 e. The van der Waals surface area contributed by atoms with Crippen molar-refractivity contribution in [2.45, 2.75) is 87.5 Å². The van der Waals surface area contributed by atoms with Crippen LogP contribution in [0.1, 0.15) is 79.3 Å². The summed E-state index contributed by atoms with van der Waals surface area (Å²) in [6.07, 6.45) is 0.751. The summed E-state index contributed by atoms with van der Waals surface area (Å²) >= 11 is 0. The average Bonchev–Trinajstić information content (AvgIpc) is 3.71. The van der Waals surface area contributed by atoms with Gasteiger partial charge in [0.1, 0.15) is 29.1 Å². The number of ketones is 2. The van der Waals surface area contributed by atoms with E-state index in [4.69, 9.17) is 11.5 Å². The van der Waals surface area contributed by atoms with Crippen molar-refractivity contribution in [2.75, 3.05) is 29.9 Å². The molecule has 5 amide bonds. The van der Waals surface area contributed by atoms with Crippen molar-refractivity contribution in [2.24, 2.45) is 11.7 Å². The first-order valence-corrected chi connectivity index (χ1v) is 23.0. The molecular formula is C41H50N8O12S2.